The second-order valence-corrected chi connectivity index (χ2v) is 5.94. The third-order valence-corrected chi connectivity index (χ3v) is 4.52. The van der Waals surface area contributed by atoms with Gasteiger partial charge in [0.15, 0.2) is 0 Å². The number of H-pyrrole nitrogens is 1. The predicted molar refractivity (Wildman–Crippen MR) is 99.6 cm³/mol. The zero-order valence-corrected chi connectivity index (χ0v) is 14.6. The smallest absolute Gasteiger partial charge is 0.138 e. The van der Waals surface area contributed by atoms with Crippen LogP contribution in [0, 0.1) is 0 Å². The van der Waals surface area contributed by atoms with E-state index in [1.54, 1.807) is 6.20 Å². The molecule has 0 bridgehead atoms. The first-order valence-corrected chi connectivity index (χ1v) is 8.72. The molecule has 0 radical (unpaired) electrons. The van der Waals surface area contributed by atoms with Crippen LogP contribution in [0.5, 0.6) is 0 Å². The molecule has 1 fully saturated rings. The summed E-state index contributed by atoms with van der Waals surface area (Å²) in [5, 5.41) is 1.67. The Morgan fingerprint density at radius 1 is 1.21 bits per heavy atom. The van der Waals surface area contributed by atoms with E-state index in [0.717, 1.165) is 28.0 Å². The first-order valence-electron chi connectivity index (χ1n) is 8.34. The van der Waals surface area contributed by atoms with Crippen LogP contribution in [0.25, 0.3) is 22.2 Å². The van der Waals surface area contributed by atoms with Gasteiger partial charge >= 0.3 is 0 Å². The normalized spacial score (nSPS) is 17.0. The van der Waals surface area contributed by atoms with Crippen molar-refractivity contribution < 1.29 is 4.39 Å². The van der Waals surface area contributed by atoms with Crippen LogP contribution in [-0.4, -0.2) is 29.2 Å². The molecule has 1 atom stereocenters. The predicted octanol–water partition coefficient (Wildman–Crippen LogP) is 5.46. The number of nitrogens with one attached hydrogen (secondary N) is 1. The standard InChI is InChI=1S/C17H15ClFN3.C2H6/c18-15-12-4-1-2-6-14(12)21-16(15)13-5-3-8-20-17(13)22-9-7-11(19)10-22;1-2/h1-6,8,11,21H,7,9-10H2;1-2H3. The van der Waals surface area contributed by atoms with Gasteiger partial charge in [-0.3, -0.25) is 0 Å². The van der Waals surface area contributed by atoms with Gasteiger partial charge in [-0.05, 0) is 24.6 Å². The number of pyridine rings is 1. The SMILES string of the molecule is CC.FC1CCN(c2ncccc2-c2[nH]c3ccccc3c2Cl)C1. The number of rotatable bonds is 2. The molecule has 0 amide bonds. The minimum atomic E-state index is -0.784. The van der Waals surface area contributed by atoms with Crippen LogP contribution in [0.2, 0.25) is 5.02 Å². The van der Waals surface area contributed by atoms with Crippen molar-refractivity contribution in [3.05, 3.63) is 47.6 Å². The molecule has 3 heterocycles. The highest BCUT2D eigenvalue weighted by Crippen LogP contribution is 2.38. The van der Waals surface area contributed by atoms with Crippen molar-refractivity contribution in [2.24, 2.45) is 0 Å². The minimum absolute atomic E-state index is 0.391. The van der Waals surface area contributed by atoms with Crippen molar-refractivity contribution in [2.45, 2.75) is 26.4 Å². The number of benzene rings is 1. The van der Waals surface area contributed by atoms with Gasteiger partial charge in [0.25, 0.3) is 0 Å². The average molecular weight is 346 g/mol. The van der Waals surface area contributed by atoms with E-state index in [1.807, 2.05) is 55.1 Å². The molecule has 0 aliphatic carbocycles. The zero-order valence-electron chi connectivity index (χ0n) is 13.9. The van der Waals surface area contributed by atoms with Crippen LogP contribution >= 0.6 is 11.6 Å². The second-order valence-electron chi connectivity index (χ2n) is 5.57. The highest BCUT2D eigenvalue weighted by Gasteiger charge is 2.26. The van der Waals surface area contributed by atoms with Gasteiger partial charge in [-0.1, -0.05) is 43.6 Å². The zero-order chi connectivity index (χ0) is 17.1. The van der Waals surface area contributed by atoms with Crippen molar-refractivity contribution in [2.75, 3.05) is 18.0 Å². The molecule has 3 nitrogen and oxygen atoms in total. The molecule has 0 spiro atoms. The van der Waals surface area contributed by atoms with Crippen molar-refractivity contribution in [1.82, 2.24) is 9.97 Å². The third kappa shape index (κ3) is 2.98. The highest BCUT2D eigenvalue weighted by molar-refractivity contribution is 6.38. The fourth-order valence-corrected chi connectivity index (χ4v) is 3.36. The summed E-state index contributed by atoms with van der Waals surface area (Å²) in [5.74, 6) is 0.788. The monoisotopic (exact) mass is 345 g/mol. The number of hydrogen-bond acceptors (Lipinski definition) is 2. The third-order valence-electron chi connectivity index (χ3n) is 4.13. The lowest BCUT2D eigenvalue weighted by Crippen LogP contribution is -2.21. The maximum atomic E-state index is 13.5. The molecule has 0 saturated carbocycles. The lowest BCUT2D eigenvalue weighted by molar-refractivity contribution is 0.364. The summed E-state index contributed by atoms with van der Waals surface area (Å²) in [6.45, 7) is 5.07. The molecular weight excluding hydrogens is 325 g/mol. The Bertz CT molecular complexity index is 830. The molecule has 2 aromatic heterocycles. The Kier molecular flexibility index (Phi) is 5.05. The fourth-order valence-electron chi connectivity index (χ4n) is 3.05. The Morgan fingerprint density at radius 2 is 2.00 bits per heavy atom. The van der Waals surface area contributed by atoms with Crippen LogP contribution in [0.1, 0.15) is 20.3 Å². The van der Waals surface area contributed by atoms with Crippen molar-refractivity contribution in [3.63, 3.8) is 0 Å². The van der Waals surface area contributed by atoms with Gasteiger partial charge in [0.2, 0.25) is 0 Å². The summed E-state index contributed by atoms with van der Waals surface area (Å²) in [6, 6.07) is 11.8. The number of alkyl halides is 1. The molecule has 3 aromatic rings. The number of anilines is 1. The van der Waals surface area contributed by atoms with Crippen LogP contribution < -0.4 is 4.90 Å². The number of fused-ring (bicyclic) bond motifs is 1. The Balaban J connectivity index is 0.000000815. The van der Waals surface area contributed by atoms with E-state index in [2.05, 4.69) is 9.97 Å². The summed E-state index contributed by atoms with van der Waals surface area (Å²) in [5.41, 5.74) is 2.74. The van der Waals surface area contributed by atoms with Gasteiger partial charge in [0.1, 0.15) is 12.0 Å². The van der Waals surface area contributed by atoms with E-state index >= 15 is 0 Å². The van der Waals surface area contributed by atoms with Gasteiger partial charge in [-0.25, -0.2) is 9.37 Å². The van der Waals surface area contributed by atoms with Crippen molar-refractivity contribution in [3.8, 4) is 11.3 Å². The minimum Gasteiger partial charge on any atom is -0.353 e. The molecule has 1 aromatic carbocycles. The number of nitrogens with zero attached hydrogens (tertiary/aromatic N) is 2. The van der Waals surface area contributed by atoms with Crippen LogP contribution in [0.3, 0.4) is 0 Å². The summed E-state index contributed by atoms with van der Waals surface area (Å²) >= 11 is 6.55. The van der Waals surface area contributed by atoms with E-state index in [4.69, 9.17) is 11.6 Å². The fraction of sp³-hybridized carbons (Fsp3) is 0.316. The van der Waals surface area contributed by atoms with Gasteiger partial charge in [0, 0.05) is 29.2 Å². The molecule has 1 N–H and O–H groups in total. The van der Waals surface area contributed by atoms with Gasteiger partial charge in [0.05, 0.1) is 17.3 Å². The van der Waals surface area contributed by atoms with Crippen LogP contribution in [-0.2, 0) is 0 Å². The summed E-state index contributed by atoms with van der Waals surface area (Å²) < 4.78 is 13.5. The maximum Gasteiger partial charge on any atom is 0.138 e. The van der Waals surface area contributed by atoms with Crippen molar-refractivity contribution in [1.29, 1.82) is 0 Å². The lowest BCUT2D eigenvalue weighted by atomic mass is 10.1. The molecule has 1 aliphatic rings. The van der Waals surface area contributed by atoms with Gasteiger partial charge < -0.3 is 9.88 Å². The lowest BCUT2D eigenvalue weighted by Gasteiger charge is -2.19. The van der Waals surface area contributed by atoms with Crippen LogP contribution in [0.4, 0.5) is 10.2 Å². The quantitative estimate of drug-likeness (QED) is 0.669. The van der Waals surface area contributed by atoms with E-state index in [1.165, 1.54) is 0 Å². The number of para-hydroxylation sites is 1. The van der Waals surface area contributed by atoms with Gasteiger partial charge in [-0.15, -0.1) is 0 Å². The topological polar surface area (TPSA) is 31.9 Å². The summed E-state index contributed by atoms with van der Waals surface area (Å²) in [4.78, 5) is 9.81. The number of halogens is 2. The van der Waals surface area contributed by atoms with E-state index in [-0.39, 0.29) is 0 Å². The molecule has 5 heteroatoms. The molecule has 1 aliphatic heterocycles. The number of hydrogen-bond donors (Lipinski definition) is 1. The second kappa shape index (κ2) is 7.22. The maximum absolute atomic E-state index is 13.5. The molecule has 4 rings (SSSR count). The van der Waals surface area contributed by atoms with E-state index in [9.17, 15) is 4.39 Å². The Morgan fingerprint density at radius 3 is 2.71 bits per heavy atom. The van der Waals surface area contributed by atoms with Crippen molar-refractivity contribution >= 4 is 28.3 Å². The summed E-state index contributed by atoms with van der Waals surface area (Å²) in [7, 11) is 0. The highest BCUT2D eigenvalue weighted by atomic mass is 35.5. The number of aromatic amines is 1. The summed E-state index contributed by atoms with van der Waals surface area (Å²) in [6.07, 6.45) is 1.50. The molecule has 1 unspecified atom stereocenters. The Hall–Kier alpha value is -2.07. The first-order chi connectivity index (χ1) is 11.7. The van der Waals surface area contributed by atoms with Gasteiger partial charge in [-0.2, -0.15) is 0 Å². The molecule has 126 valence electrons. The number of aromatic nitrogens is 2. The van der Waals surface area contributed by atoms with E-state index in [0.29, 0.717) is 24.5 Å². The molecule has 1 saturated heterocycles. The molecular formula is C19H21ClFN3. The largest absolute Gasteiger partial charge is 0.353 e. The van der Waals surface area contributed by atoms with E-state index < -0.39 is 6.17 Å². The first kappa shape index (κ1) is 16.8. The van der Waals surface area contributed by atoms with Crippen LogP contribution in [0.15, 0.2) is 42.6 Å². The molecule has 24 heavy (non-hydrogen) atoms. The average Bonchev–Trinajstić information content (AvgIpc) is 3.21. The Labute approximate surface area is 146 Å².